The van der Waals surface area contributed by atoms with Crippen molar-refractivity contribution in [2.24, 2.45) is 5.92 Å². The number of carboxylic acid groups (broad SMARTS) is 1. The van der Waals surface area contributed by atoms with Gasteiger partial charge in [-0.15, -0.1) is 0 Å². The van der Waals surface area contributed by atoms with Gasteiger partial charge in [-0.1, -0.05) is 29.8 Å². The number of fused-ring (bicyclic) bond motifs is 1. The fraction of sp³-hybridized carbons (Fsp3) is 0.273. The average Bonchev–Trinajstić information content (AvgIpc) is 2.67. The van der Waals surface area contributed by atoms with Gasteiger partial charge in [-0.3, -0.25) is 9.59 Å². The molecular weight excluding hydrogens is 396 g/mol. The van der Waals surface area contributed by atoms with Gasteiger partial charge in [0.1, 0.15) is 18.1 Å². The summed E-state index contributed by atoms with van der Waals surface area (Å²) in [6, 6.07) is 13.7. The molecule has 1 aliphatic carbocycles. The Bertz CT molecular complexity index is 1100. The fourth-order valence-corrected chi connectivity index (χ4v) is 3.55. The van der Waals surface area contributed by atoms with Crippen molar-refractivity contribution in [2.75, 3.05) is 13.2 Å². The van der Waals surface area contributed by atoms with Crippen molar-refractivity contribution in [1.82, 2.24) is 0 Å². The zero-order chi connectivity index (χ0) is 20.4. The summed E-state index contributed by atoms with van der Waals surface area (Å²) in [5, 5.41) is 9.69. The molecule has 1 saturated carbocycles. The molecule has 0 unspecified atom stereocenters. The van der Waals surface area contributed by atoms with Gasteiger partial charge >= 0.3 is 5.97 Å². The largest absolute Gasteiger partial charge is 0.490 e. The van der Waals surface area contributed by atoms with Crippen LogP contribution in [0, 0.1) is 5.92 Å². The monoisotopic (exact) mass is 414 g/mol. The molecule has 0 amide bonds. The quantitative estimate of drug-likeness (QED) is 0.578. The maximum absolute atomic E-state index is 12.5. The molecule has 1 heterocycles. The fourth-order valence-electron chi connectivity index (χ4n) is 3.34. The van der Waals surface area contributed by atoms with Crippen LogP contribution in [0.4, 0.5) is 0 Å². The lowest BCUT2D eigenvalue weighted by Gasteiger charge is -2.32. The standard InChI is InChI=1S/C22H19ClO6/c23-17-6-3-5-15-18(24)12-20(29-21(15)17)16-4-1-2-7-19(16)28-9-8-27-14-10-13(11-14)22(25)26/h1-7,12-14H,8-11H2,(H,25,26)/t13-,14+. The van der Waals surface area contributed by atoms with Crippen molar-refractivity contribution in [2.45, 2.75) is 18.9 Å². The van der Waals surface area contributed by atoms with Crippen molar-refractivity contribution in [3.05, 3.63) is 63.8 Å². The van der Waals surface area contributed by atoms with Crippen LogP contribution < -0.4 is 10.2 Å². The van der Waals surface area contributed by atoms with Crippen LogP contribution in [-0.4, -0.2) is 30.4 Å². The van der Waals surface area contributed by atoms with Gasteiger partial charge < -0.3 is 19.0 Å². The molecule has 2 aromatic carbocycles. The molecule has 1 aliphatic rings. The molecular formula is C22H19ClO6. The smallest absolute Gasteiger partial charge is 0.306 e. The van der Waals surface area contributed by atoms with Gasteiger partial charge in [0.15, 0.2) is 11.0 Å². The lowest BCUT2D eigenvalue weighted by molar-refractivity contribution is -0.151. The zero-order valence-electron chi connectivity index (χ0n) is 15.5. The number of benzene rings is 2. The van der Waals surface area contributed by atoms with Gasteiger partial charge in [0, 0.05) is 6.07 Å². The lowest BCUT2D eigenvalue weighted by atomic mass is 9.82. The molecule has 0 aliphatic heterocycles. The molecule has 0 atom stereocenters. The van der Waals surface area contributed by atoms with E-state index in [0.717, 1.165) is 0 Å². The highest BCUT2D eigenvalue weighted by molar-refractivity contribution is 6.34. The van der Waals surface area contributed by atoms with Crippen LogP contribution in [0.3, 0.4) is 0 Å². The second kappa shape index (κ2) is 8.27. The topological polar surface area (TPSA) is 86.0 Å². The van der Waals surface area contributed by atoms with E-state index in [9.17, 15) is 9.59 Å². The van der Waals surface area contributed by atoms with Crippen molar-refractivity contribution in [1.29, 1.82) is 0 Å². The minimum absolute atomic E-state index is 0.0319. The van der Waals surface area contributed by atoms with E-state index in [1.807, 2.05) is 12.1 Å². The summed E-state index contributed by atoms with van der Waals surface area (Å²) >= 11 is 6.19. The van der Waals surface area contributed by atoms with Crippen molar-refractivity contribution in [3.8, 4) is 17.1 Å². The minimum atomic E-state index is -0.771. The summed E-state index contributed by atoms with van der Waals surface area (Å²) in [5.41, 5.74) is 0.800. The van der Waals surface area contributed by atoms with E-state index in [-0.39, 0.29) is 17.5 Å². The second-order valence-electron chi connectivity index (χ2n) is 6.94. The van der Waals surface area contributed by atoms with E-state index in [4.69, 9.17) is 30.6 Å². The number of aliphatic carboxylic acids is 1. The van der Waals surface area contributed by atoms with Gasteiger partial charge in [0.05, 0.1) is 34.6 Å². The Hall–Kier alpha value is -2.83. The van der Waals surface area contributed by atoms with Crippen molar-refractivity contribution in [3.63, 3.8) is 0 Å². The van der Waals surface area contributed by atoms with E-state index in [0.29, 0.717) is 59.1 Å². The average molecular weight is 415 g/mol. The summed E-state index contributed by atoms with van der Waals surface area (Å²) in [7, 11) is 0. The number of hydrogen-bond donors (Lipinski definition) is 1. The summed E-state index contributed by atoms with van der Waals surface area (Å²) in [5.74, 6) is -0.144. The Morgan fingerprint density at radius 3 is 2.72 bits per heavy atom. The zero-order valence-corrected chi connectivity index (χ0v) is 16.2. The van der Waals surface area contributed by atoms with E-state index in [2.05, 4.69) is 0 Å². The van der Waals surface area contributed by atoms with Crippen LogP contribution in [0.2, 0.25) is 5.02 Å². The predicted octanol–water partition coefficient (Wildman–Crippen LogP) is 4.37. The maximum Gasteiger partial charge on any atom is 0.306 e. The number of hydrogen-bond acceptors (Lipinski definition) is 5. The highest BCUT2D eigenvalue weighted by Crippen LogP contribution is 2.33. The summed E-state index contributed by atoms with van der Waals surface area (Å²) in [6.07, 6.45) is 1.04. The first-order valence-corrected chi connectivity index (χ1v) is 9.69. The van der Waals surface area contributed by atoms with Crippen LogP contribution in [0.25, 0.3) is 22.3 Å². The lowest BCUT2D eigenvalue weighted by Crippen LogP contribution is -2.37. The third kappa shape index (κ3) is 4.13. The van der Waals surface area contributed by atoms with Crippen LogP contribution >= 0.6 is 11.6 Å². The predicted molar refractivity (Wildman–Crippen MR) is 109 cm³/mol. The number of ether oxygens (including phenoxy) is 2. The normalized spacial score (nSPS) is 18.4. The Labute approximate surface area is 171 Å². The van der Waals surface area contributed by atoms with Crippen LogP contribution in [0.1, 0.15) is 12.8 Å². The number of carboxylic acids is 1. The van der Waals surface area contributed by atoms with Gasteiger partial charge in [-0.2, -0.15) is 0 Å². The van der Waals surface area contributed by atoms with Crippen molar-refractivity contribution < 1.29 is 23.8 Å². The molecule has 3 aromatic rings. The molecule has 6 nitrogen and oxygen atoms in total. The number of rotatable bonds is 7. The molecule has 0 spiro atoms. The molecule has 1 aromatic heterocycles. The molecule has 4 rings (SSSR count). The molecule has 1 fully saturated rings. The third-order valence-electron chi connectivity index (χ3n) is 5.00. The maximum atomic E-state index is 12.5. The molecule has 1 N–H and O–H groups in total. The summed E-state index contributed by atoms with van der Waals surface area (Å²) < 4.78 is 17.4. The van der Waals surface area contributed by atoms with Crippen LogP contribution in [0.5, 0.6) is 5.75 Å². The molecule has 0 bridgehead atoms. The van der Waals surface area contributed by atoms with E-state index >= 15 is 0 Å². The Balaban J connectivity index is 1.46. The first-order valence-electron chi connectivity index (χ1n) is 9.32. The molecule has 0 radical (unpaired) electrons. The highest BCUT2D eigenvalue weighted by atomic mass is 35.5. The first kappa shape index (κ1) is 19.5. The van der Waals surface area contributed by atoms with E-state index in [1.165, 1.54) is 6.07 Å². The third-order valence-corrected chi connectivity index (χ3v) is 5.30. The Kier molecular flexibility index (Phi) is 5.56. The minimum Gasteiger partial charge on any atom is -0.490 e. The van der Waals surface area contributed by atoms with Crippen LogP contribution in [-0.2, 0) is 9.53 Å². The SMILES string of the molecule is O=c1cc(-c2ccccc2OCCO[C@H]2C[C@@H](C(=O)O)C2)oc2c(Cl)cccc12. The molecule has 0 saturated heterocycles. The highest BCUT2D eigenvalue weighted by Gasteiger charge is 2.34. The summed E-state index contributed by atoms with van der Waals surface area (Å²) in [6.45, 7) is 0.642. The second-order valence-corrected chi connectivity index (χ2v) is 7.34. The van der Waals surface area contributed by atoms with E-state index < -0.39 is 5.97 Å². The number of halogens is 1. The van der Waals surface area contributed by atoms with Gasteiger partial charge in [0.25, 0.3) is 0 Å². The Morgan fingerprint density at radius 1 is 1.14 bits per heavy atom. The number of para-hydroxylation sites is 2. The molecule has 7 heteroatoms. The first-order chi connectivity index (χ1) is 14.0. The van der Waals surface area contributed by atoms with Gasteiger partial charge in [-0.05, 0) is 37.1 Å². The van der Waals surface area contributed by atoms with Gasteiger partial charge in [0.2, 0.25) is 0 Å². The molecule has 150 valence electrons. The number of carbonyl (C=O) groups is 1. The Morgan fingerprint density at radius 2 is 1.93 bits per heavy atom. The summed E-state index contributed by atoms with van der Waals surface area (Å²) in [4.78, 5) is 23.3. The molecule has 29 heavy (non-hydrogen) atoms. The van der Waals surface area contributed by atoms with E-state index in [1.54, 1.807) is 30.3 Å². The van der Waals surface area contributed by atoms with Crippen LogP contribution in [0.15, 0.2) is 57.7 Å². The van der Waals surface area contributed by atoms with Crippen molar-refractivity contribution >= 4 is 28.5 Å². The van der Waals surface area contributed by atoms with Gasteiger partial charge in [-0.25, -0.2) is 0 Å².